The van der Waals surface area contributed by atoms with Gasteiger partial charge in [0.05, 0.1) is 5.56 Å². The van der Waals surface area contributed by atoms with Crippen molar-refractivity contribution in [3.8, 4) is 0 Å². The van der Waals surface area contributed by atoms with E-state index in [2.05, 4.69) is 31.3 Å². The third-order valence-electron chi connectivity index (χ3n) is 4.42. The Hall–Kier alpha value is -1.02. The molecule has 150 valence electrons. The summed E-state index contributed by atoms with van der Waals surface area (Å²) in [6, 6.07) is 12.1. The van der Waals surface area contributed by atoms with Crippen LogP contribution in [-0.4, -0.2) is 13.6 Å². The van der Waals surface area contributed by atoms with Crippen molar-refractivity contribution in [3.63, 3.8) is 0 Å². The molecule has 0 aliphatic heterocycles. The number of likely N-dealkylation sites (N-methyl/N-ethyl adjacent to an activating group) is 1. The third kappa shape index (κ3) is 7.43. The van der Waals surface area contributed by atoms with Gasteiger partial charge in [0, 0.05) is 6.54 Å². The van der Waals surface area contributed by atoms with Crippen molar-refractivity contribution in [2.75, 3.05) is 13.6 Å². The molecular weight excluding hydrogens is 585 g/mol. The van der Waals surface area contributed by atoms with E-state index < -0.39 is 11.7 Å². The summed E-state index contributed by atoms with van der Waals surface area (Å²) in [7, 11) is 1.89. The van der Waals surface area contributed by atoms with Crippen LogP contribution in [0.3, 0.4) is 0 Å². The number of allylic oxidation sites excluding steroid dienone is 1. The first-order chi connectivity index (χ1) is 12.4. The second-order valence-electron chi connectivity index (χ2n) is 6.36. The SMILES string of the molecule is [CH2-]CCc1cc(C(F)(F)F)ccc1Cc1ccccc1/C(C)=C\CNC.[CH3-].[U+2]. The van der Waals surface area contributed by atoms with Crippen LogP contribution in [0.5, 0.6) is 0 Å². The van der Waals surface area contributed by atoms with Crippen molar-refractivity contribution in [2.24, 2.45) is 0 Å². The first kappa shape index (κ1) is 27.0. The number of hydrogen-bond acceptors (Lipinski definition) is 1. The zero-order valence-corrected chi connectivity index (χ0v) is 21.0. The molecule has 0 spiro atoms. The van der Waals surface area contributed by atoms with Crippen molar-refractivity contribution in [1.29, 1.82) is 0 Å². The van der Waals surface area contributed by atoms with Crippen LogP contribution in [0, 0.1) is 45.5 Å². The monoisotopic (exact) mass is 613 g/mol. The predicted octanol–water partition coefficient (Wildman–Crippen LogP) is 6.14. The molecule has 0 saturated carbocycles. The van der Waals surface area contributed by atoms with Gasteiger partial charge >= 0.3 is 37.3 Å². The van der Waals surface area contributed by atoms with Gasteiger partial charge in [0.15, 0.2) is 0 Å². The number of nitrogens with one attached hydrogen (secondary N) is 1. The van der Waals surface area contributed by atoms with Gasteiger partial charge in [-0.1, -0.05) is 42.8 Å². The number of hydrogen-bond donors (Lipinski definition) is 1. The summed E-state index contributed by atoms with van der Waals surface area (Å²) in [4.78, 5) is 0. The third-order valence-corrected chi connectivity index (χ3v) is 4.42. The summed E-state index contributed by atoms with van der Waals surface area (Å²) in [6.45, 7) is 6.63. The number of alkyl halides is 3. The van der Waals surface area contributed by atoms with E-state index in [1.807, 2.05) is 25.2 Å². The van der Waals surface area contributed by atoms with Gasteiger partial charge < -0.3 is 19.7 Å². The average Bonchev–Trinajstić information content (AvgIpc) is 2.61. The van der Waals surface area contributed by atoms with Gasteiger partial charge in [-0.2, -0.15) is 19.6 Å². The van der Waals surface area contributed by atoms with Crippen LogP contribution in [0.4, 0.5) is 13.2 Å². The van der Waals surface area contributed by atoms with Gasteiger partial charge in [0.2, 0.25) is 0 Å². The van der Waals surface area contributed by atoms with Crippen LogP contribution in [0.25, 0.3) is 5.57 Å². The maximum Gasteiger partial charge on any atom is 2.00 e. The molecule has 2 rings (SSSR count). The number of benzene rings is 2. The quantitative estimate of drug-likeness (QED) is 0.371. The molecule has 0 atom stereocenters. The molecule has 0 amide bonds. The minimum atomic E-state index is -4.32. The summed E-state index contributed by atoms with van der Waals surface area (Å²) in [5.74, 6) is 0. The smallest absolute Gasteiger partial charge is 0.358 e. The van der Waals surface area contributed by atoms with Crippen molar-refractivity contribution in [1.82, 2.24) is 5.32 Å². The van der Waals surface area contributed by atoms with Crippen LogP contribution in [-0.2, 0) is 19.0 Å². The predicted molar refractivity (Wildman–Crippen MR) is 108 cm³/mol. The molecular formula is C23H28F3NU. The van der Waals surface area contributed by atoms with Gasteiger partial charge in [-0.05, 0) is 60.4 Å². The summed E-state index contributed by atoms with van der Waals surface area (Å²) in [5, 5.41) is 3.09. The molecule has 0 aliphatic rings. The molecule has 0 bridgehead atoms. The Kier molecular flexibility index (Phi) is 12.1. The minimum absolute atomic E-state index is 0. The molecule has 0 saturated heterocycles. The Morgan fingerprint density at radius 2 is 1.75 bits per heavy atom. The molecule has 0 unspecified atom stereocenters. The maximum atomic E-state index is 13.0. The number of aryl methyl sites for hydroxylation is 1. The Morgan fingerprint density at radius 1 is 1.07 bits per heavy atom. The molecule has 5 heteroatoms. The summed E-state index contributed by atoms with van der Waals surface area (Å²) < 4.78 is 39.1. The molecule has 0 fully saturated rings. The Bertz CT molecular complexity index is 767. The fraction of sp³-hybridized carbons (Fsp3) is 0.304. The second-order valence-corrected chi connectivity index (χ2v) is 6.36. The topological polar surface area (TPSA) is 12.0 Å². The van der Waals surface area contributed by atoms with E-state index in [0.29, 0.717) is 19.3 Å². The number of rotatable bonds is 7. The van der Waals surface area contributed by atoms with E-state index in [4.69, 9.17) is 0 Å². The molecule has 1 N–H and O–H groups in total. The van der Waals surface area contributed by atoms with E-state index in [1.165, 1.54) is 12.1 Å². The fourth-order valence-corrected chi connectivity index (χ4v) is 3.03. The van der Waals surface area contributed by atoms with E-state index in [-0.39, 0.29) is 38.5 Å². The zero-order valence-electron chi connectivity index (χ0n) is 16.8. The largest absolute Gasteiger partial charge is 2.00 e. The van der Waals surface area contributed by atoms with Crippen molar-refractivity contribution >= 4 is 5.57 Å². The first-order valence-corrected chi connectivity index (χ1v) is 8.74. The Morgan fingerprint density at radius 3 is 2.36 bits per heavy atom. The normalized spacial score (nSPS) is 11.6. The van der Waals surface area contributed by atoms with Crippen LogP contribution in [0.1, 0.15) is 41.2 Å². The molecule has 0 aromatic heterocycles. The standard InChI is InChI=1S/C22H25F3N.CH3.U/c1-4-7-17-15-20(22(23,24)25)11-10-18(17)14-19-8-5-6-9-21(19)16(2)12-13-26-3;;/h5-6,8-12,15,26H,1,4,7,13-14H2,2-3H3;1H3;/q2*-1;+2/b16-12-;;. The Labute approximate surface area is 191 Å². The van der Waals surface area contributed by atoms with Gasteiger partial charge in [0.25, 0.3) is 0 Å². The second kappa shape index (κ2) is 12.5. The van der Waals surface area contributed by atoms with Crippen LogP contribution in [0.2, 0.25) is 0 Å². The summed E-state index contributed by atoms with van der Waals surface area (Å²) >= 11 is 0. The Balaban J connectivity index is 0.00000364. The zero-order chi connectivity index (χ0) is 19.2. The van der Waals surface area contributed by atoms with Crippen LogP contribution < -0.4 is 5.32 Å². The van der Waals surface area contributed by atoms with Gasteiger partial charge in [-0.3, -0.25) is 0 Å². The van der Waals surface area contributed by atoms with Crippen molar-refractivity contribution in [3.05, 3.63) is 90.7 Å². The molecule has 0 radical (unpaired) electrons. The summed E-state index contributed by atoms with van der Waals surface area (Å²) in [5.41, 5.74) is 4.45. The molecule has 2 aromatic carbocycles. The van der Waals surface area contributed by atoms with Gasteiger partial charge in [-0.25, -0.2) is 0 Å². The van der Waals surface area contributed by atoms with E-state index in [1.54, 1.807) is 6.07 Å². The number of halogens is 3. The van der Waals surface area contributed by atoms with Crippen LogP contribution in [0.15, 0.2) is 48.5 Å². The molecule has 28 heavy (non-hydrogen) atoms. The maximum absolute atomic E-state index is 13.0. The molecule has 0 heterocycles. The van der Waals surface area contributed by atoms with Crippen LogP contribution >= 0.6 is 0 Å². The van der Waals surface area contributed by atoms with Gasteiger partial charge in [0.1, 0.15) is 0 Å². The van der Waals surface area contributed by atoms with Crippen molar-refractivity contribution < 1.29 is 44.3 Å². The minimum Gasteiger partial charge on any atom is -0.358 e. The van der Waals surface area contributed by atoms with E-state index >= 15 is 0 Å². The molecule has 0 aliphatic carbocycles. The average molecular weight is 614 g/mol. The van der Waals surface area contributed by atoms with Crippen molar-refractivity contribution in [2.45, 2.75) is 32.4 Å². The van der Waals surface area contributed by atoms with E-state index in [0.717, 1.165) is 34.4 Å². The molecule has 2 aromatic rings. The van der Waals surface area contributed by atoms with Gasteiger partial charge in [-0.15, -0.1) is 0 Å². The molecule has 1 nitrogen and oxygen atoms in total. The first-order valence-electron chi connectivity index (χ1n) is 8.74. The summed E-state index contributed by atoms with van der Waals surface area (Å²) in [6.07, 6.45) is -0.497. The fourth-order valence-electron chi connectivity index (χ4n) is 3.03. The van der Waals surface area contributed by atoms with E-state index in [9.17, 15) is 13.2 Å².